The van der Waals surface area contributed by atoms with Crippen LogP contribution in [-0.4, -0.2) is 50.3 Å². The molecule has 1 aliphatic heterocycles. The number of rotatable bonds is 4. The van der Waals surface area contributed by atoms with Crippen LogP contribution in [0.1, 0.15) is 28.9 Å². The summed E-state index contributed by atoms with van der Waals surface area (Å²) in [5.41, 5.74) is 2.65. The summed E-state index contributed by atoms with van der Waals surface area (Å²) < 4.78 is 23.4. The predicted octanol–water partition coefficient (Wildman–Crippen LogP) is 5.42. The molecule has 0 amide bonds. The van der Waals surface area contributed by atoms with E-state index in [-0.39, 0.29) is 17.9 Å². The van der Waals surface area contributed by atoms with E-state index in [1.165, 1.54) is 6.07 Å². The Morgan fingerprint density at radius 2 is 1.78 bits per heavy atom. The van der Waals surface area contributed by atoms with Crippen LogP contribution in [0.15, 0.2) is 30.3 Å². The molecule has 0 unspecified atom stereocenters. The zero-order valence-electron chi connectivity index (χ0n) is 17.8. The Balaban J connectivity index is 1.49. The van der Waals surface area contributed by atoms with Gasteiger partial charge < -0.3 is 4.74 Å². The molecule has 9 heteroatoms. The van der Waals surface area contributed by atoms with Gasteiger partial charge in [-0.3, -0.25) is 9.47 Å². The first-order valence-electron chi connectivity index (χ1n) is 10.6. The molecule has 1 aliphatic carbocycles. The Kier molecular flexibility index (Phi) is 6.09. The van der Waals surface area contributed by atoms with Gasteiger partial charge in [0.1, 0.15) is 17.8 Å². The van der Waals surface area contributed by atoms with Crippen molar-refractivity contribution in [3.05, 3.63) is 69.0 Å². The zero-order valence-corrected chi connectivity index (χ0v) is 20.1. The van der Waals surface area contributed by atoms with Gasteiger partial charge in [0.15, 0.2) is 11.6 Å². The van der Waals surface area contributed by atoms with Crippen LogP contribution in [0, 0.1) is 19.7 Å². The highest BCUT2D eigenvalue weighted by atomic mass is 35.5. The van der Waals surface area contributed by atoms with Crippen LogP contribution in [0.2, 0.25) is 10.0 Å². The Bertz CT molecular complexity index is 1150. The highest BCUT2D eigenvalue weighted by Crippen LogP contribution is 2.43. The van der Waals surface area contributed by atoms with Crippen LogP contribution in [0.4, 0.5) is 4.39 Å². The van der Waals surface area contributed by atoms with E-state index >= 15 is 4.39 Å². The van der Waals surface area contributed by atoms with E-state index in [4.69, 9.17) is 27.9 Å². The minimum atomic E-state index is -0.426. The van der Waals surface area contributed by atoms with Crippen LogP contribution in [-0.2, 0) is 6.42 Å². The third kappa shape index (κ3) is 4.00. The summed E-state index contributed by atoms with van der Waals surface area (Å²) >= 11 is 14.8. The Labute approximate surface area is 200 Å². The van der Waals surface area contributed by atoms with Gasteiger partial charge in [-0.1, -0.05) is 23.2 Å². The highest BCUT2D eigenvalue weighted by molar-refractivity contribution is 7.99. The molecule has 1 fully saturated rings. The van der Waals surface area contributed by atoms with Crippen LogP contribution in [0.25, 0.3) is 5.69 Å². The lowest BCUT2D eigenvalue weighted by atomic mass is 10.1. The average molecular weight is 493 g/mol. The van der Waals surface area contributed by atoms with E-state index < -0.39 is 5.82 Å². The van der Waals surface area contributed by atoms with Crippen molar-refractivity contribution in [2.24, 2.45) is 0 Å². The number of nitrogens with zero attached hydrogens (tertiary/aromatic N) is 4. The maximum atomic E-state index is 15.2. The molecule has 0 N–H and O–H groups in total. The molecule has 2 heterocycles. The van der Waals surface area contributed by atoms with Gasteiger partial charge >= 0.3 is 0 Å². The molecule has 1 saturated heterocycles. The summed E-state index contributed by atoms with van der Waals surface area (Å²) in [6.45, 7) is 5.63. The van der Waals surface area contributed by atoms with Gasteiger partial charge in [-0.15, -0.1) is 10.2 Å². The number of aromatic nitrogens is 3. The van der Waals surface area contributed by atoms with Crippen molar-refractivity contribution in [1.82, 2.24) is 19.7 Å². The second-order valence-corrected chi connectivity index (χ2v) is 10.2. The number of hydrogen-bond acceptors (Lipinski definition) is 5. The Morgan fingerprint density at radius 1 is 1.06 bits per heavy atom. The van der Waals surface area contributed by atoms with Gasteiger partial charge in [-0.05, 0) is 50.1 Å². The molecule has 5 nitrogen and oxygen atoms in total. The molecule has 168 valence electrons. The average Bonchev–Trinajstić information content (AvgIpc) is 3.30. The monoisotopic (exact) mass is 492 g/mol. The number of ether oxygens (including phenoxy) is 1. The molecule has 1 aromatic heterocycles. The van der Waals surface area contributed by atoms with Gasteiger partial charge in [0.05, 0.1) is 11.7 Å². The quantitative estimate of drug-likeness (QED) is 0.486. The summed E-state index contributed by atoms with van der Waals surface area (Å²) in [6, 6.07) is 8.73. The molecule has 0 saturated carbocycles. The topological polar surface area (TPSA) is 43.2 Å². The van der Waals surface area contributed by atoms with Crippen LogP contribution >= 0.6 is 35.0 Å². The van der Waals surface area contributed by atoms with E-state index in [0.29, 0.717) is 27.4 Å². The van der Waals surface area contributed by atoms with Crippen molar-refractivity contribution < 1.29 is 9.13 Å². The molecule has 32 heavy (non-hydrogen) atoms. The van der Waals surface area contributed by atoms with E-state index in [2.05, 4.69) is 15.1 Å². The number of aryl methyl sites for hydroxylation is 2. The number of benzene rings is 2. The van der Waals surface area contributed by atoms with E-state index in [9.17, 15) is 0 Å². The maximum Gasteiger partial charge on any atom is 0.167 e. The molecule has 2 atom stereocenters. The fourth-order valence-electron chi connectivity index (χ4n) is 4.69. The first kappa shape index (κ1) is 22.0. The van der Waals surface area contributed by atoms with Crippen molar-refractivity contribution in [3.8, 4) is 11.4 Å². The lowest BCUT2D eigenvalue weighted by Crippen LogP contribution is -2.44. The number of thioether (sulfide) groups is 1. The summed E-state index contributed by atoms with van der Waals surface area (Å²) in [4.78, 5) is 2.43. The van der Waals surface area contributed by atoms with Crippen molar-refractivity contribution in [1.29, 1.82) is 0 Å². The van der Waals surface area contributed by atoms with Gasteiger partial charge in [0.25, 0.3) is 0 Å². The smallest absolute Gasteiger partial charge is 0.167 e. The summed E-state index contributed by atoms with van der Waals surface area (Å²) in [5, 5.41) is 9.32. The van der Waals surface area contributed by atoms with Crippen molar-refractivity contribution in [3.63, 3.8) is 0 Å². The first-order valence-corrected chi connectivity index (χ1v) is 12.5. The molecule has 3 aromatic rings. The van der Waals surface area contributed by atoms with Crippen LogP contribution < -0.4 is 4.74 Å². The molecular formula is C23H23Cl2FN4OS. The predicted molar refractivity (Wildman–Crippen MR) is 127 cm³/mol. The van der Waals surface area contributed by atoms with Crippen molar-refractivity contribution >= 4 is 35.0 Å². The fraction of sp³-hybridized carbons (Fsp3) is 0.391. The molecule has 2 aliphatic rings. The summed E-state index contributed by atoms with van der Waals surface area (Å²) in [6.07, 6.45) is 0.419. The number of hydrogen-bond donors (Lipinski definition) is 0. The second kappa shape index (κ2) is 8.86. The fourth-order valence-corrected chi connectivity index (χ4v) is 6.21. The highest BCUT2D eigenvalue weighted by Gasteiger charge is 2.40. The maximum absolute atomic E-state index is 15.2. The van der Waals surface area contributed by atoms with Crippen LogP contribution in [0.3, 0.4) is 0 Å². The normalized spacial score (nSPS) is 21.0. The Hall–Kier alpha value is -1.80. The molecule has 0 radical (unpaired) electrons. The molecule has 0 spiro atoms. The minimum Gasteiger partial charge on any atom is -0.481 e. The zero-order chi connectivity index (χ0) is 22.4. The van der Waals surface area contributed by atoms with E-state index in [0.717, 1.165) is 42.1 Å². The Morgan fingerprint density at radius 3 is 2.47 bits per heavy atom. The summed E-state index contributed by atoms with van der Waals surface area (Å²) in [7, 11) is 0. The lowest BCUT2D eigenvalue weighted by molar-refractivity contribution is 0.0815. The van der Waals surface area contributed by atoms with E-state index in [1.807, 2.05) is 42.3 Å². The van der Waals surface area contributed by atoms with E-state index in [1.54, 1.807) is 12.1 Å². The number of halogens is 3. The van der Waals surface area contributed by atoms with Crippen LogP contribution in [0.5, 0.6) is 5.75 Å². The standard InChI is InChI=1S/C23H23Cl2FN4OS/c1-13-27-28-14(2)30(13)16-3-4-22(20(26)11-16)31-23-18-9-15(24)10-19(25)17(18)12-21(23)29-5-7-32-8-6-29/h3-4,9-11,21,23H,5-8,12H2,1-2H3/t21-,23-/m0/s1. The van der Waals surface area contributed by atoms with Crippen molar-refractivity contribution in [2.45, 2.75) is 32.4 Å². The molecule has 0 bridgehead atoms. The third-order valence-electron chi connectivity index (χ3n) is 6.19. The lowest BCUT2D eigenvalue weighted by Gasteiger charge is -2.35. The molecule has 5 rings (SSSR count). The minimum absolute atomic E-state index is 0.0864. The second-order valence-electron chi connectivity index (χ2n) is 8.16. The number of fused-ring (bicyclic) bond motifs is 1. The van der Waals surface area contributed by atoms with Crippen molar-refractivity contribution in [2.75, 3.05) is 24.6 Å². The SMILES string of the molecule is Cc1nnc(C)n1-c1ccc(O[C@H]2c3cc(Cl)cc(Cl)c3C[C@@H]2N2CCSCC2)c(F)c1. The third-order valence-corrected chi connectivity index (χ3v) is 7.69. The molecular weight excluding hydrogens is 470 g/mol. The van der Waals surface area contributed by atoms with Gasteiger partial charge in [-0.25, -0.2) is 4.39 Å². The van der Waals surface area contributed by atoms with Gasteiger partial charge in [-0.2, -0.15) is 11.8 Å². The first-order chi connectivity index (χ1) is 15.4. The van der Waals surface area contributed by atoms with Gasteiger partial charge in [0, 0.05) is 46.3 Å². The summed E-state index contributed by atoms with van der Waals surface area (Å²) in [5.74, 6) is 3.34. The van der Waals surface area contributed by atoms with Gasteiger partial charge in [0.2, 0.25) is 0 Å². The molecule has 2 aromatic carbocycles. The largest absolute Gasteiger partial charge is 0.481 e.